The molecule has 1 aromatic carbocycles. The molecule has 8 heteroatoms. The Morgan fingerprint density at radius 1 is 1.35 bits per heavy atom. The second-order valence-electron chi connectivity index (χ2n) is 4.13. The summed E-state index contributed by atoms with van der Waals surface area (Å²) in [5, 5.41) is 5.06. The van der Waals surface area contributed by atoms with Gasteiger partial charge in [-0.15, -0.1) is 0 Å². The second kappa shape index (κ2) is 7.03. The van der Waals surface area contributed by atoms with Gasteiger partial charge in [0.05, 0.1) is 17.2 Å². The first-order chi connectivity index (χ1) is 9.27. The summed E-state index contributed by atoms with van der Waals surface area (Å²) in [7, 11) is -2.46. The maximum atomic E-state index is 11.8. The maximum Gasteiger partial charge on any atom is 0.338 e. The van der Waals surface area contributed by atoms with Crippen LogP contribution in [0.4, 0.5) is 0 Å². The molecule has 0 fully saturated rings. The lowest BCUT2D eigenvalue weighted by molar-refractivity contribution is 0.0468. The average Bonchev–Trinajstić information content (AvgIpc) is 2.36. The molecule has 0 saturated heterocycles. The Labute approximate surface area is 122 Å². The number of carbonyl (C=O) groups is 1. The van der Waals surface area contributed by atoms with Crippen LogP contribution in [0.25, 0.3) is 0 Å². The van der Waals surface area contributed by atoms with Crippen LogP contribution >= 0.6 is 11.6 Å². The number of rotatable bonds is 6. The molecule has 2 N–H and O–H groups in total. The van der Waals surface area contributed by atoms with Gasteiger partial charge in [0.2, 0.25) is 10.0 Å². The fourth-order valence-electron chi connectivity index (χ4n) is 1.51. The van der Waals surface area contributed by atoms with Crippen LogP contribution in [0.3, 0.4) is 0 Å². The highest BCUT2D eigenvalue weighted by molar-refractivity contribution is 7.89. The molecular weight excluding hydrogens is 306 g/mol. The van der Waals surface area contributed by atoms with E-state index in [9.17, 15) is 13.2 Å². The fraction of sp³-hybridized carbons (Fsp3) is 0.417. The Hall–Kier alpha value is -1.15. The molecule has 1 aromatic rings. The van der Waals surface area contributed by atoms with Gasteiger partial charge < -0.3 is 9.47 Å². The van der Waals surface area contributed by atoms with E-state index in [1.54, 1.807) is 14.0 Å². The lowest BCUT2D eigenvalue weighted by atomic mass is 10.1. The molecule has 0 radical (unpaired) electrons. The summed E-state index contributed by atoms with van der Waals surface area (Å²) in [5.41, 5.74) is 0.523. The maximum absolute atomic E-state index is 11.8. The predicted molar refractivity (Wildman–Crippen MR) is 74.3 cm³/mol. The SMILES string of the molecule is COCCCOC(=O)c1cc(C)c(Cl)c(S(N)(=O)=O)c1. The minimum Gasteiger partial charge on any atom is -0.462 e. The van der Waals surface area contributed by atoms with Gasteiger partial charge in [-0.25, -0.2) is 18.4 Å². The van der Waals surface area contributed by atoms with E-state index < -0.39 is 16.0 Å². The summed E-state index contributed by atoms with van der Waals surface area (Å²) in [6.45, 7) is 2.23. The molecule has 0 atom stereocenters. The molecule has 0 spiro atoms. The van der Waals surface area contributed by atoms with E-state index in [0.717, 1.165) is 6.07 Å². The molecule has 0 aliphatic carbocycles. The summed E-state index contributed by atoms with van der Waals surface area (Å²) < 4.78 is 32.6. The van der Waals surface area contributed by atoms with Gasteiger partial charge in [-0.1, -0.05) is 11.6 Å². The van der Waals surface area contributed by atoms with Crippen LogP contribution in [-0.2, 0) is 19.5 Å². The van der Waals surface area contributed by atoms with Gasteiger partial charge in [0.1, 0.15) is 4.90 Å². The first kappa shape index (κ1) is 16.9. The molecule has 0 saturated carbocycles. The average molecular weight is 322 g/mol. The number of hydrogen-bond donors (Lipinski definition) is 1. The van der Waals surface area contributed by atoms with E-state index in [1.165, 1.54) is 6.07 Å². The van der Waals surface area contributed by atoms with E-state index in [2.05, 4.69) is 0 Å². The first-order valence-corrected chi connectivity index (χ1v) is 7.68. The number of methoxy groups -OCH3 is 1. The highest BCUT2D eigenvalue weighted by Gasteiger charge is 2.19. The van der Waals surface area contributed by atoms with Crippen molar-refractivity contribution < 1.29 is 22.7 Å². The normalized spacial score (nSPS) is 11.4. The molecule has 20 heavy (non-hydrogen) atoms. The largest absolute Gasteiger partial charge is 0.462 e. The van der Waals surface area contributed by atoms with Gasteiger partial charge in [-0.2, -0.15) is 0 Å². The summed E-state index contributed by atoms with van der Waals surface area (Å²) in [6, 6.07) is 2.57. The minimum absolute atomic E-state index is 0.00318. The van der Waals surface area contributed by atoms with E-state index in [0.29, 0.717) is 18.6 Å². The number of ether oxygens (including phenoxy) is 2. The zero-order valence-corrected chi connectivity index (χ0v) is 12.8. The smallest absolute Gasteiger partial charge is 0.338 e. The van der Waals surface area contributed by atoms with Crippen LogP contribution in [0.2, 0.25) is 5.02 Å². The number of nitrogens with two attached hydrogens (primary N) is 1. The lowest BCUT2D eigenvalue weighted by Gasteiger charge is -2.09. The van der Waals surface area contributed by atoms with E-state index in [1.807, 2.05) is 0 Å². The molecule has 0 unspecified atom stereocenters. The van der Waals surface area contributed by atoms with Crippen molar-refractivity contribution in [3.8, 4) is 0 Å². The Morgan fingerprint density at radius 2 is 2.00 bits per heavy atom. The fourth-order valence-corrected chi connectivity index (χ4v) is 2.65. The van der Waals surface area contributed by atoms with Gasteiger partial charge in [0, 0.05) is 20.1 Å². The standard InChI is InChI=1S/C12H16ClNO5S/c1-8-6-9(12(15)19-5-3-4-18-2)7-10(11(8)13)20(14,16)17/h6-7H,3-5H2,1-2H3,(H2,14,16,17). The molecule has 112 valence electrons. The number of carbonyl (C=O) groups excluding carboxylic acids is 1. The molecule has 0 bridgehead atoms. The van der Waals surface area contributed by atoms with Gasteiger partial charge >= 0.3 is 5.97 Å². The summed E-state index contributed by atoms with van der Waals surface area (Å²) >= 11 is 5.87. The van der Waals surface area contributed by atoms with Crippen LogP contribution in [0.5, 0.6) is 0 Å². The second-order valence-corrected chi connectivity index (χ2v) is 6.04. The monoisotopic (exact) mass is 321 g/mol. The van der Waals surface area contributed by atoms with Crippen molar-refractivity contribution in [1.82, 2.24) is 0 Å². The molecule has 0 aromatic heterocycles. The minimum atomic E-state index is -4.00. The van der Waals surface area contributed by atoms with Crippen LogP contribution in [-0.4, -0.2) is 34.7 Å². The van der Waals surface area contributed by atoms with Crippen molar-refractivity contribution in [2.75, 3.05) is 20.3 Å². The van der Waals surface area contributed by atoms with Gasteiger partial charge in [0.15, 0.2) is 0 Å². The van der Waals surface area contributed by atoms with Crippen molar-refractivity contribution in [2.45, 2.75) is 18.2 Å². The molecule has 0 amide bonds. The number of hydrogen-bond acceptors (Lipinski definition) is 5. The zero-order chi connectivity index (χ0) is 15.3. The van der Waals surface area contributed by atoms with Crippen molar-refractivity contribution in [2.24, 2.45) is 5.14 Å². The van der Waals surface area contributed by atoms with Crippen molar-refractivity contribution in [3.63, 3.8) is 0 Å². The van der Waals surface area contributed by atoms with Crippen molar-refractivity contribution in [1.29, 1.82) is 0 Å². The first-order valence-electron chi connectivity index (χ1n) is 5.76. The summed E-state index contributed by atoms with van der Waals surface area (Å²) in [5.74, 6) is -0.634. The Balaban J connectivity index is 2.97. The zero-order valence-electron chi connectivity index (χ0n) is 11.2. The third-order valence-corrected chi connectivity index (χ3v) is 4.04. The third kappa shape index (κ3) is 4.45. The Bertz CT molecular complexity index is 600. The van der Waals surface area contributed by atoms with E-state index in [4.69, 9.17) is 26.2 Å². The van der Waals surface area contributed by atoms with Crippen LogP contribution in [0.1, 0.15) is 22.3 Å². The number of halogens is 1. The van der Waals surface area contributed by atoms with Gasteiger partial charge in [-0.3, -0.25) is 0 Å². The van der Waals surface area contributed by atoms with Crippen LogP contribution < -0.4 is 5.14 Å². The molecule has 6 nitrogen and oxygen atoms in total. The number of esters is 1. The predicted octanol–water partition coefficient (Wildman–Crippen LogP) is 1.49. The van der Waals surface area contributed by atoms with E-state index >= 15 is 0 Å². The lowest BCUT2D eigenvalue weighted by Crippen LogP contribution is -2.15. The summed E-state index contributed by atoms with van der Waals surface area (Å²) in [6.07, 6.45) is 0.552. The Morgan fingerprint density at radius 3 is 2.55 bits per heavy atom. The molecule has 0 heterocycles. The molecule has 1 rings (SSSR count). The van der Waals surface area contributed by atoms with E-state index in [-0.39, 0.29) is 22.1 Å². The van der Waals surface area contributed by atoms with Crippen LogP contribution in [0, 0.1) is 6.92 Å². The number of aryl methyl sites for hydroxylation is 1. The molecule has 0 aliphatic rings. The molecule has 0 aliphatic heterocycles. The quantitative estimate of drug-likeness (QED) is 0.632. The van der Waals surface area contributed by atoms with Gasteiger partial charge in [-0.05, 0) is 24.6 Å². The summed E-state index contributed by atoms with van der Waals surface area (Å²) in [4.78, 5) is 11.5. The number of benzene rings is 1. The topological polar surface area (TPSA) is 95.7 Å². The molecular formula is C12H16ClNO5S. The number of primary sulfonamides is 1. The Kier molecular flexibility index (Phi) is 5.94. The highest BCUT2D eigenvalue weighted by atomic mass is 35.5. The van der Waals surface area contributed by atoms with Crippen molar-refractivity contribution in [3.05, 3.63) is 28.3 Å². The van der Waals surface area contributed by atoms with Gasteiger partial charge in [0.25, 0.3) is 0 Å². The highest BCUT2D eigenvalue weighted by Crippen LogP contribution is 2.26. The third-order valence-electron chi connectivity index (χ3n) is 2.49. The van der Waals surface area contributed by atoms with Crippen LogP contribution in [0.15, 0.2) is 17.0 Å². The van der Waals surface area contributed by atoms with Crippen molar-refractivity contribution >= 4 is 27.6 Å². The number of sulfonamides is 1.